The zero-order valence-corrected chi connectivity index (χ0v) is 11.3. The van der Waals surface area contributed by atoms with Crippen LogP contribution < -0.4 is 11.1 Å². The van der Waals surface area contributed by atoms with Crippen molar-refractivity contribution in [3.05, 3.63) is 34.9 Å². The molecular formula is C13H19ClN2O2. The fourth-order valence-electron chi connectivity index (χ4n) is 1.40. The van der Waals surface area contributed by atoms with Gasteiger partial charge >= 0.3 is 0 Å². The van der Waals surface area contributed by atoms with Gasteiger partial charge in [-0.05, 0) is 24.6 Å². The maximum atomic E-state index is 11.7. The van der Waals surface area contributed by atoms with E-state index in [-0.39, 0.29) is 24.4 Å². The van der Waals surface area contributed by atoms with Crippen molar-refractivity contribution in [3.8, 4) is 0 Å². The van der Waals surface area contributed by atoms with Gasteiger partial charge in [-0.1, -0.05) is 30.7 Å². The summed E-state index contributed by atoms with van der Waals surface area (Å²) >= 11 is 5.76. The van der Waals surface area contributed by atoms with Gasteiger partial charge < -0.3 is 16.2 Å². The number of nitrogens with one attached hydrogen (secondary N) is 1. The Hall–Kier alpha value is -1.10. The smallest absolute Gasteiger partial charge is 0.224 e. The minimum absolute atomic E-state index is 0.155. The van der Waals surface area contributed by atoms with Crippen LogP contribution >= 0.6 is 11.6 Å². The maximum absolute atomic E-state index is 11.7. The molecule has 0 bridgehead atoms. The van der Waals surface area contributed by atoms with E-state index in [2.05, 4.69) is 5.32 Å². The Balaban J connectivity index is 2.48. The van der Waals surface area contributed by atoms with Gasteiger partial charge in [-0.25, -0.2) is 0 Å². The normalized spacial score (nSPS) is 15.8. The number of benzene rings is 1. The molecule has 3 atom stereocenters. The van der Waals surface area contributed by atoms with Gasteiger partial charge in [0.25, 0.3) is 0 Å². The van der Waals surface area contributed by atoms with E-state index in [9.17, 15) is 9.90 Å². The molecule has 1 aromatic carbocycles. The predicted molar refractivity (Wildman–Crippen MR) is 72.2 cm³/mol. The summed E-state index contributed by atoms with van der Waals surface area (Å²) in [6.45, 7) is 3.70. The summed E-state index contributed by atoms with van der Waals surface area (Å²) in [7, 11) is 0. The molecule has 18 heavy (non-hydrogen) atoms. The predicted octanol–water partition coefficient (Wildman–Crippen LogP) is 1.47. The van der Waals surface area contributed by atoms with Crippen molar-refractivity contribution in [1.29, 1.82) is 0 Å². The molecule has 0 fully saturated rings. The fraction of sp³-hybridized carbons (Fsp3) is 0.462. The number of aliphatic hydroxyl groups is 1. The standard InChI is InChI=1S/C13H19ClN2O2/c1-8(9(2)15)13(18)16-7-12(17)10-3-5-11(14)6-4-10/h3-6,8-9,12,17H,7,15H2,1-2H3,(H,16,18). The lowest BCUT2D eigenvalue weighted by atomic mass is 10.0. The van der Waals surface area contributed by atoms with Gasteiger partial charge in [0.15, 0.2) is 0 Å². The largest absolute Gasteiger partial charge is 0.387 e. The molecule has 0 spiro atoms. The lowest BCUT2D eigenvalue weighted by Crippen LogP contribution is -2.40. The first-order valence-corrected chi connectivity index (χ1v) is 6.26. The Morgan fingerprint density at radius 3 is 2.44 bits per heavy atom. The minimum atomic E-state index is -0.744. The Morgan fingerprint density at radius 1 is 1.39 bits per heavy atom. The van der Waals surface area contributed by atoms with E-state index in [0.717, 1.165) is 0 Å². The molecular weight excluding hydrogens is 252 g/mol. The van der Waals surface area contributed by atoms with Crippen LogP contribution in [0.2, 0.25) is 5.02 Å². The Kier molecular flexibility index (Phi) is 5.59. The van der Waals surface area contributed by atoms with Crippen LogP contribution in [0.25, 0.3) is 0 Å². The van der Waals surface area contributed by atoms with Crippen molar-refractivity contribution in [3.63, 3.8) is 0 Å². The number of carbonyl (C=O) groups is 1. The Morgan fingerprint density at radius 2 is 1.94 bits per heavy atom. The monoisotopic (exact) mass is 270 g/mol. The highest BCUT2D eigenvalue weighted by Crippen LogP contribution is 2.15. The van der Waals surface area contributed by atoms with E-state index in [4.69, 9.17) is 17.3 Å². The van der Waals surface area contributed by atoms with E-state index in [0.29, 0.717) is 10.6 Å². The molecule has 1 rings (SSSR count). The topological polar surface area (TPSA) is 75.4 Å². The third-order valence-electron chi connectivity index (χ3n) is 2.93. The van der Waals surface area contributed by atoms with Gasteiger partial charge in [0.2, 0.25) is 5.91 Å². The number of amides is 1. The summed E-state index contributed by atoms with van der Waals surface area (Å²) in [5.74, 6) is -0.430. The fourth-order valence-corrected chi connectivity index (χ4v) is 1.53. The van der Waals surface area contributed by atoms with Crippen molar-refractivity contribution in [1.82, 2.24) is 5.32 Å². The molecule has 0 aromatic heterocycles. The van der Waals surface area contributed by atoms with Crippen LogP contribution in [0.15, 0.2) is 24.3 Å². The van der Waals surface area contributed by atoms with Gasteiger partial charge in [0.1, 0.15) is 0 Å². The van der Waals surface area contributed by atoms with E-state index in [1.165, 1.54) is 0 Å². The molecule has 4 nitrogen and oxygen atoms in total. The van der Waals surface area contributed by atoms with Gasteiger partial charge in [-0.3, -0.25) is 4.79 Å². The number of aliphatic hydroxyl groups excluding tert-OH is 1. The highest BCUT2D eigenvalue weighted by molar-refractivity contribution is 6.30. The van der Waals surface area contributed by atoms with Gasteiger partial charge in [-0.15, -0.1) is 0 Å². The quantitative estimate of drug-likeness (QED) is 0.758. The van der Waals surface area contributed by atoms with E-state index in [1.54, 1.807) is 38.1 Å². The van der Waals surface area contributed by atoms with Crippen LogP contribution in [0.3, 0.4) is 0 Å². The van der Waals surface area contributed by atoms with Crippen molar-refractivity contribution in [2.24, 2.45) is 11.7 Å². The average molecular weight is 271 g/mol. The lowest BCUT2D eigenvalue weighted by molar-refractivity contribution is -0.125. The summed E-state index contributed by atoms with van der Waals surface area (Å²) in [6.07, 6.45) is -0.744. The summed E-state index contributed by atoms with van der Waals surface area (Å²) in [5.41, 5.74) is 6.35. The molecule has 1 aromatic rings. The van der Waals surface area contributed by atoms with Gasteiger partial charge in [0, 0.05) is 23.5 Å². The third kappa shape index (κ3) is 4.29. The molecule has 0 heterocycles. The number of carbonyl (C=O) groups excluding carboxylic acids is 1. The summed E-state index contributed by atoms with van der Waals surface area (Å²) in [4.78, 5) is 11.7. The zero-order valence-electron chi connectivity index (χ0n) is 10.6. The first-order valence-electron chi connectivity index (χ1n) is 5.88. The second kappa shape index (κ2) is 6.73. The molecule has 0 radical (unpaired) electrons. The Labute approximate surface area is 112 Å². The zero-order chi connectivity index (χ0) is 13.7. The van der Waals surface area contributed by atoms with Crippen LogP contribution in [0.1, 0.15) is 25.5 Å². The van der Waals surface area contributed by atoms with Crippen LogP contribution in [0, 0.1) is 5.92 Å². The van der Waals surface area contributed by atoms with Crippen LogP contribution in [0.5, 0.6) is 0 Å². The molecule has 4 N–H and O–H groups in total. The number of nitrogens with two attached hydrogens (primary N) is 1. The highest BCUT2D eigenvalue weighted by Gasteiger charge is 2.18. The minimum Gasteiger partial charge on any atom is -0.387 e. The summed E-state index contributed by atoms with van der Waals surface area (Å²) < 4.78 is 0. The van der Waals surface area contributed by atoms with Crippen molar-refractivity contribution in [2.45, 2.75) is 26.0 Å². The number of hydrogen-bond donors (Lipinski definition) is 3. The Bertz CT molecular complexity index is 392. The van der Waals surface area contributed by atoms with Gasteiger partial charge in [-0.2, -0.15) is 0 Å². The van der Waals surface area contributed by atoms with Crippen LogP contribution in [0.4, 0.5) is 0 Å². The average Bonchev–Trinajstić information content (AvgIpc) is 2.35. The van der Waals surface area contributed by atoms with Crippen molar-refractivity contribution in [2.75, 3.05) is 6.54 Å². The highest BCUT2D eigenvalue weighted by atomic mass is 35.5. The van der Waals surface area contributed by atoms with Crippen molar-refractivity contribution < 1.29 is 9.90 Å². The molecule has 0 saturated carbocycles. The maximum Gasteiger partial charge on any atom is 0.224 e. The number of halogens is 1. The first-order chi connectivity index (χ1) is 8.41. The number of hydrogen-bond acceptors (Lipinski definition) is 3. The second-order valence-electron chi connectivity index (χ2n) is 4.46. The van der Waals surface area contributed by atoms with E-state index >= 15 is 0 Å². The third-order valence-corrected chi connectivity index (χ3v) is 3.18. The van der Waals surface area contributed by atoms with Crippen LogP contribution in [-0.4, -0.2) is 23.6 Å². The molecule has 5 heteroatoms. The van der Waals surface area contributed by atoms with E-state index in [1.807, 2.05) is 0 Å². The molecule has 0 aliphatic carbocycles. The van der Waals surface area contributed by atoms with Crippen LogP contribution in [-0.2, 0) is 4.79 Å². The molecule has 1 amide bonds. The molecule has 3 unspecified atom stereocenters. The second-order valence-corrected chi connectivity index (χ2v) is 4.90. The number of rotatable bonds is 5. The summed E-state index contributed by atoms with van der Waals surface area (Å²) in [5, 5.41) is 13.2. The first kappa shape index (κ1) is 15.0. The van der Waals surface area contributed by atoms with Gasteiger partial charge in [0.05, 0.1) is 6.10 Å². The SMILES string of the molecule is CC(N)C(C)C(=O)NCC(O)c1ccc(Cl)cc1. The van der Waals surface area contributed by atoms with Crippen molar-refractivity contribution >= 4 is 17.5 Å². The molecule has 0 aliphatic rings. The van der Waals surface area contributed by atoms with E-state index < -0.39 is 6.10 Å². The lowest BCUT2D eigenvalue weighted by Gasteiger charge is -2.17. The molecule has 0 saturated heterocycles. The molecule has 0 aliphatic heterocycles. The molecule has 100 valence electrons. The summed E-state index contributed by atoms with van der Waals surface area (Å²) in [6, 6.07) is 6.65.